The highest BCUT2D eigenvalue weighted by Gasteiger charge is 2.28. The Hall–Kier alpha value is -3.92. The van der Waals surface area contributed by atoms with E-state index in [2.05, 4.69) is 27.4 Å². The number of nitro benzene ring substituents is 1. The summed E-state index contributed by atoms with van der Waals surface area (Å²) < 4.78 is 12.3. The summed E-state index contributed by atoms with van der Waals surface area (Å²) in [4.78, 5) is 15.3. The van der Waals surface area contributed by atoms with E-state index in [1.165, 1.54) is 12.1 Å². The second-order valence-corrected chi connectivity index (χ2v) is 8.71. The predicted octanol–water partition coefficient (Wildman–Crippen LogP) is 6.10. The van der Waals surface area contributed by atoms with Gasteiger partial charge in [0, 0.05) is 34.7 Å². The van der Waals surface area contributed by atoms with E-state index in [1.807, 2.05) is 24.3 Å². The molecule has 172 valence electrons. The Morgan fingerprint density at radius 1 is 1.12 bits per heavy atom. The van der Waals surface area contributed by atoms with Crippen LogP contribution < -0.4 is 10.1 Å². The number of para-hydroxylation sites is 1. The van der Waals surface area contributed by atoms with E-state index in [-0.39, 0.29) is 5.69 Å². The maximum atomic E-state index is 11.1. The Labute approximate surface area is 199 Å². The summed E-state index contributed by atoms with van der Waals surface area (Å²) >= 11 is 1.54. The van der Waals surface area contributed by atoms with Crippen LogP contribution in [0.2, 0.25) is 0 Å². The molecule has 0 saturated carbocycles. The van der Waals surface area contributed by atoms with Crippen molar-refractivity contribution in [1.82, 2.24) is 15.2 Å². The predicted molar refractivity (Wildman–Crippen MR) is 129 cm³/mol. The van der Waals surface area contributed by atoms with Gasteiger partial charge < -0.3 is 14.5 Å². The summed E-state index contributed by atoms with van der Waals surface area (Å²) in [5.74, 6) is 2.27. The van der Waals surface area contributed by atoms with Gasteiger partial charge in [-0.2, -0.15) is 4.98 Å². The second-order valence-electron chi connectivity index (χ2n) is 7.65. The Kier molecular flexibility index (Phi) is 6.13. The third-order valence-electron chi connectivity index (χ3n) is 5.29. The molecule has 9 nitrogen and oxygen atoms in total. The van der Waals surface area contributed by atoms with E-state index in [0.717, 1.165) is 29.8 Å². The molecule has 0 fully saturated rings. The summed E-state index contributed by atoms with van der Waals surface area (Å²) in [6, 6.07) is 17.6. The number of nitrogens with one attached hydrogen (secondary N) is 1. The lowest BCUT2D eigenvalue weighted by Crippen LogP contribution is -2.16. The van der Waals surface area contributed by atoms with Crippen LogP contribution in [0, 0.1) is 10.1 Å². The highest BCUT2D eigenvalue weighted by Crippen LogP contribution is 2.40. The minimum Gasteiger partial charge on any atom is -0.455 e. The topological polar surface area (TPSA) is 116 Å². The molecule has 1 N–H and O–H groups in total. The molecular weight excluding hydrogens is 454 g/mol. The van der Waals surface area contributed by atoms with Crippen molar-refractivity contribution in [1.29, 1.82) is 0 Å². The first kappa shape index (κ1) is 21.9. The second kappa shape index (κ2) is 9.52. The number of nitro groups is 1. The number of fused-ring (bicyclic) bond motifs is 3. The van der Waals surface area contributed by atoms with E-state index >= 15 is 0 Å². The first-order valence-electron chi connectivity index (χ1n) is 10.9. The quantitative estimate of drug-likeness (QED) is 0.146. The number of rotatable bonds is 7. The molecule has 0 aliphatic carbocycles. The highest BCUT2D eigenvalue weighted by atomic mass is 32.2. The molecule has 2 aromatic carbocycles. The molecule has 0 radical (unpaired) electrons. The van der Waals surface area contributed by atoms with Gasteiger partial charge in [-0.1, -0.05) is 55.4 Å². The minimum absolute atomic E-state index is 0.00183. The van der Waals surface area contributed by atoms with Crippen molar-refractivity contribution in [3.05, 3.63) is 76.5 Å². The Morgan fingerprint density at radius 3 is 2.85 bits per heavy atom. The maximum absolute atomic E-state index is 11.1. The van der Waals surface area contributed by atoms with Gasteiger partial charge in [-0.05, 0) is 24.6 Å². The van der Waals surface area contributed by atoms with Crippen molar-refractivity contribution >= 4 is 23.1 Å². The van der Waals surface area contributed by atoms with Crippen LogP contribution in [0.15, 0.2) is 70.2 Å². The summed E-state index contributed by atoms with van der Waals surface area (Å²) in [7, 11) is 0. The summed E-state index contributed by atoms with van der Waals surface area (Å²) in [5.41, 5.74) is 2.79. The number of aromatic nitrogens is 3. The van der Waals surface area contributed by atoms with Crippen molar-refractivity contribution in [2.45, 2.75) is 31.1 Å². The molecule has 0 unspecified atom stereocenters. The van der Waals surface area contributed by atoms with Gasteiger partial charge in [0.2, 0.25) is 17.3 Å². The average Bonchev–Trinajstić information content (AvgIpc) is 3.29. The van der Waals surface area contributed by atoms with E-state index in [9.17, 15) is 10.1 Å². The Morgan fingerprint density at radius 2 is 2.00 bits per heavy atom. The molecule has 0 bridgehead atoms. The van der Waals surface area contributed by atoms with Crippen LogP contribution in [0.1, 0.15) is 31.8 Å². The number of thioether (sulfide) groups is 1. The number of hydrogen-bond acceptors (Lipinski definition) is 9. The van der Waals surface area contributed by atoms with Gasteiger partial charge >= 0.3 is 0 Å². The lowest BCUT2D eigenvalue weighted by molar-refractivity contribution is -0.384. The van der Waals surface area contributed by atoms with Gasteiger partial charge in [0.1, 0.15) is 5.76 Å². The number of furan rings is 1. The van der Waals surface area contributed by atoms with Gasteiger partial charge in [0.25, 0.3) is 5.69 Å². The van der Waals surface area contributed by atoms with Gasteiger partial charge in [-0.15, -0.1) is 10.2 Å². The van der Waals surface area contributed by atoms with E-state index < -0.39 is 11.2 Å². The highest BCUT2D eigenvalue weighted by molar-refractivity contribution is 7.99. The molecule has 1 atom stereocenters. The number of ether oxygens (including phenoxy) is 1. The first-order valence-corrected chi connectivity index (χ1v) is 11.9. The smallest absolute Gasteiger partial charge is 0.270 e. The lowest BCUT2D eigenvalue weighted by Gasteiger charge is -2.16. The van der Waals surface area contributed by atoms with Crippen LogP contribution in [-0.4, -0.2) is 25.9 Å². The molecule has 5 rings (SSSR count). The Bertz CT molecular complexity index is 1340. The molecule has 10 heteroatoms. The first-order chi connectivity index (χ1) is 16.6. The van der Waals surface area contributed by atoms with Crippen LogP contribution in [0.3, 0.4) is 0 Å². The van der Waals surface area contributed by atoms with Crippen molar-refractivity contribution in [2.24, 2.45) is 0 Å². The van der Waals surface area contributed by atoms with Crippen LogP contribution in [-0.2, 0) is 0 Å². The van der Waals surface area contributed by atoms with Gasteiger partial charge in [0.15, 0.2) is 11.5 Å². The van der Waals surface area contributed by atoms with Crippen molar-refractivity contribution in [3.63, 3.8) is 0 Å². The number of nitrogens with zero attached hydrogens (tertiary/aromatic N) is 4. The standard InChI is InChI=1S/C24H21N5O4S/c1-2-3-13-34-24-26-23-21(27-28-24)17-9-4-5-10-18(17)25-22(33-23)20-12-11-19(32-20)15-7-6-8-16(14-15)29(30)31/h4-12,14,22,25H,2-3,13H2,1H3/t22-/m1/s1. The number of anilines is 1. The van der Waals surface area contributed by atoms with Crippen LogP contribution in [0.25, 0.3) is 22.6 Å². The molecule has 3 heterocycles. The van der Waals surface area contributed by atoms with E-state index in [4.69, 9.17) is 9.15 Å². The molecular formula is C24H21N5O4S. The van der Waals surface area contributed by atoms with Crippen LogP contribution >= 0.6 is 11.8 Å². The average molecular weight is 476 g/mol. The van der Waals surface area contributed by atoms with Crippen molar-refractivity contribution < 1.29 is 14.1 Å². The molecule has 4 aromatic rings. The molecule has 34 heavy (non-hydrogen) atoms. The molecule has 2 aromatic heterocycles. The maximum Gasteiger partial charge on any atom is 0.270 e. The van der Waals surface area contributed by atoms with Gasteiger partial charge in [-0.3, -0.25) is 10.1 Å². The fraction of sp³-hybridized carbons (Fsp3) is 0.208. The van der Waals surface area contributed by atoms with E-state index in [0.29, 0.717) is 33.8 Å². The zero-order valence-corrected chi connectivity index (χ0v) is 19.1. The third kappa shape index (κ3) is 4.44. The normalized spacial score (nSPS) is 14.3. The lowest BCUT2D eigenvalue weighted by atomic mass is 10.1. The van der Waals surface area contributed by atoms with Crippen molar-refractivity contribution in [2.75, 3.05) is 11.1 Å². The Balaban J connectivity index is 1.49. The summed E-state index contributed by atoms with van der Waals surface area (Å²) in [6.07, 6.45) is 1.47. The molecule has 1 aliphatic rings. The number of hydrogen-bond donors (Lipinski definition) is 1. The third-order valence-corrected chi connectivity index (χ3v) is 6.21. The minimum atomic E-state index is -0.681. The zero-order valence-electron chi connectivity index (χ0n) is 18.3. The van der Waals surface area contributed by atoms with Gasteiger partial charge in [0.05, 0.1) is 4.92 Å². The monoisotopic (exact) mass is 475 g/mol. The molecule has 1 aliphatic heterocycles. The van der Waals surface area contributed by atoms with Crippen LogP contribution in [0.5, 0.6) is 5.88 Å². The zero-order chi connectivity index (χ0) is 23.5. The summed E-state index contributed by atoms with van der Waals surface area (Å²) in [6.45, 7) is 2.14. The molecule has 0 saturated heterocycles. The number of benzene rings is 2. The molecule has 0 spiro atoms. The number of unbranched alkanes of at least 4 members (excludes halogenated alkanes) is 1. The SMILES string of the molecule is CCCCSc1nnc2c(n1)O[C@H](c1ccc(-c3cccc([N+](=O)[O-])c3)o1)Nc1ccccc1-2. The van der Waals surface area contributed by atoms with Crippen LogP contribution in [0.4, 0.5) is 11.4 Å². The van der Waals surface area contributed by atoms with Gasteiger partial charge in [-0.25, -0.2) is 0 Å². The molecule has 0 amide bonds. The largest absolute Gasteiger partial charge is 0.455 e. The number of non-ortho nitro benzene ring substituents is 1. The van der Waals surface area contributed by atoms with E-state index in [1.54, 1.807) is 36.0 Å². The fourth-order valence-corrected chi connectivity index (χ4v) is 4.43. The van der Waals surface area contributed by atoms with Crippen molar-refractivity contribution in [3.8, 4) is 28.5 Å². The summed E-state index contributed by atoms with van der Waals surface area (Å²) in [5, 5.41) is 23.7. The fourth-order valence-electron chi connectivity index (χ4n) is 3.57.